The number of ether oxygens (including phenoxy) is 6. The molecule has 11 fully saturated rings. The fourth-order valence-corrected chi connectivity index (χ4v) is 20.4. The van der Waals surface area contributed by atoms with Crippen molar-refractivity contribution in [1.29, 1.82) is 0 Å². The fraction of sp³-hybridized carbons (Fsp3) is 0.809. The van der Waals surface area contributed by atoms with Crippen LogP contribution in [0.5, 0.6) is 0 Å². The minimum absolute atomic E-state index is 0.0578. The highest BCUT2D eigenvalue weighted by atomic mass is 16.7. The number of piperidine rings is 3. The molecule has 11 aliphatic rings. The summed E-state index contributed by atoms with van der Waals surface area (Å²) in [4.78, 5) is 237. The van der Waals surface area contributed by atoms with Crippen molar-refractivity contribution < 1.29 is 115 Å². The number of hydrogen-bond acceptors (Lipinski definition) is 24. The van der Waals surface area contributed by atoms with Crippen LogP contribution >= 0.6 is 0 Å². The number of nitrogens with zero attached hydrogens (tertiary/aromatic N) is 3. The highest BCUT2D eigenvalue weighted by molar-refractivity contribution is 6.39. The number of carbonyl (C=O) groups excluding carboxylic acids is 18. The number of likely N-dealkylation sites (tertiary alicyclic amines) is 3. The third-order valence-electron chi connectivity index (χ3n) is 29.9. The highest BCUT2D eigenvalue weighted by Crippen LogP contribution is 2.67. The van der Waals surface area contributed by atoms with Crippen molar-refractivity contribution in [3.05, 3.63) is 0 Å². The molecule has 746 valence electrons. The molecule has 11 rings (SSSR count). The van der Waals surface area contributed by atoms with Crippen LogP contribution in [0.25, 0.3) is 0 Å². The monoisotopic (exact) mass is 1870 g/mol. The minimum Gasteiger partial charge on any atom is -0.438 e. The first-order valence-corrected chi connectivity index (χ1v) is 47.6. The number of hydrogen-bond donors (Lipinski definition) is 12. The third-order valence-corrected chi connectivity index (χ3v) is 29.9. The van der Waals surface area contributed by atoms with Crippen LogP contribution in [0.2, 0.25) is 0 Å². The molecule has 0 aromatic rings. The van der Waals surface area contributed by atoms with Crippen molar-refractivity contribution in [2.45, 2.75) is 313 Å². The van der Waals surface area contributed by atoms with Crippen molar-refractivity contribution in [3.63, 3.8) is 0 Å². The van der Waals surface area contributed by atoms with Crippen LogP contribution in [0.1, 0.15) is 241 Å². The van der Waals surface area contributed by atoms with Gasteiger partial charge < -0.3 is 108 Å². The molecule has 0 aromatic heterocycles. The summed E-state index contributed by atoms with van der Waals surface area (Å²) in [5.41, 5.74) is 13.1. The lowest BCUT2D eigenvalue weighted by atomic mass is 9.80. The predicted octanol–water partition coefficient (Wildman–Crippen LogP) is 6.09. The number of nitrogens with two attached hydrogens (primary N) is 3. The van der Waals surface area contributed by atoms with Gasteiger partial charge in [-0.25, -0.2) is 28.8 Å². The zero-order valence-corrected chi connectivity index (χ0v) is 81.8. The molecule has 3 unspecified atom stereocenters. The Hall–Kier alpha value is -10.1. The number of urea groups is 3. The largest absolute Gasteiger partial charge is 0.508 e. The van der Waals surface area contributed by atoms with Gasteiger partial charge in [-0.2, -0.15) is 0 Å². The average Bonchev–Trinajstić information content (AvgIpc) is 1.53. The number of fused-ring (bicyclic) bond motifs is 3. The van der Waals surface area contributed by atoms with Gasteiger partial charge in [0.05, 0.1) is 57.1 Å². The van der Waals surface area contributed by atoms with Gasteiger partial charge in [0.15, 0.2) is 0 Å². The SMILES string of the molecule is CC(C)COC(=O)OC[C@@H](NC(=O)N[C@H](C(=O)N1C[C@H]2[C@@H]([C@H]1C(=O)NC(CC1CCC1)C(=O)C(N)=O)C2(C)C)C(C)(C)C)C(C)C.COC(=O)OC[C@@H](NC(=O)N[C@H](C(=O)N1C[C@H]2[C@@H]([C@H]1C(=O)NC(CC1CC1)C(=O)C(N)=O)C2(C)C)C(C)(C)C)C1CCC1.COC(=O)OC[C@@H](NC(=O)N[C@H](C(=O)N1C[C@H]2[C@@H]([C@H]1C(=O)NC(CC1CC1)C(=O)C(N)=O)C2(C)C)C(C)(C)C)C1CCCC1. The van der Waals surface area contributed by atoms with E-state index in [1.807, 2.05) is 132 Å². The quantitative estimate of drug-likeness (QED) is 0.0189. The van der Waals surface area contributed by atoms with E-state index in [1.165, 1.54) is 28.9 Å². The lowest BCUT2D eigenvalue weighted by molar-refractivity contribution is -0.145. The summed E-state index contributed by atoms with van der Waals surface area (Å²) in [5, 5.41) is 25.4. The molecule has 15 amide bonds. The molecule has 0 radical (unpaired) electrons. The maximum atomic E-state index is 14.2. The molecular weight excluding hydrogens is 1720 g/mol. The summed E-state index contributed by atoms with van der Waals surface area (Å²) in [6.45, 7) is 37.2. The summed E-state index contributed by atoms with van der Waals surface area (Å²) in [6.07, 6.45) is 11.6. The van der Waals surface area contributed by atoms with E-state index in [0.29, 0.717) is 38.9 Å². The molecule has 8 saturated carbocycles. The van der Waals surface area contributed by atoms with Gasteiger partial charge in [0.25, 0.3) is 17.7 Å². The van der Waals surface area contributed by atoms with Crippen LogP contribution in [0.4, 0.5) is 28.8 Å². The molecule has 8 aliphatic carbocycles. The van der Waals surface area contributed by atoms with E-state index in [9.17, 15) is 86.3 Å². The second kappa shape index (κ2) is 43.3. The first kappa shape index (κ1) is 107. The molecule has 0 bridgehead atoms. The molecule has 18 atom stereocenters. The Labute approximate surface area is 780 Å². The van der Waals surface area contributed by atoms with Crippen molar-refractivity contribution in [3.8, 4) is 0 Å². The average molecular weight is 1880 g/mol. The molecule has 3 aliphatic heterocycles. The van der Waals surface area contributed by atoms with Gasteiger partial charge in [0, 0.05) is 19.6 Å². The topological polar surface area (TPSA) is 559 Å². The van der Waals surface area contributed by atoms with Gasteiger partial charge in [-0.3, -0.25) is 57.5 Å². The molecule has 39 nitrogen and oxygen atoms in total. The van der Waals surface area contributed by atoms with Crippen LogP contribution in [0, 0.1) is 109 Å². The van der Waals surface area contributed by atoms with Crippen LogP contribution in [0.15, 0.2) is 0 Å². The molecule has 39 heteroatoms. The molecule has 0 aromatic carbocycles. The number of amides is 15. The zero-order chi connectivity index (χ0) is 99.1. The van der Waals surface area contributed by atoms with Gasteiger partial charge in [-0.05, 0) is 154 Å². The van der Waals surface area contributed by atoms with Gasteiger partial charge >= 0.3 is 36.6 Å². The van der Waals surface area contributed by atoms with Crippen LogP contribution < -0.4 is 65.1 Å². The van der Waals surface area contributed by atoms with Gasteiger partial charge in [0.1, 0.15) is 56.1 Å². The number of nitrogens with one attached hydrogen (secondary N) is 9. The van der Waals surface area contributed by atoms with Crippen LogP contribution in [-0.4, -0.2) is 255 Å². The molecule has 3 saturated heterocycles. The van der Waals surface area contributed by atoms with E-state index >= 15 is 0 Å². The number of methoxy groups -OCH3 is 2. The number of carbonyl (C=O) groups is 18. The van der Waals surface area contributed by atoms with E-state index in [0.717, 1.165) is 89.9 Å². The van der Waals surface area contributed by atoms with Crippen molar-refractivity contribution >= 4 is 107 Å². The van der Waals surface area contributed by atoms with E-state index < -0.39 is 196 Å². The summed E-state index contributed by atoms with van der Waals surface area (Å²) < 4.78 is 29.7. The lowest BCUT2D eigenvalue weighted by Gasteiger charge is -2.38. The fourth-order valence-electron chi connectivity index (χ4n) is 20.4. The molecule has 15 N–H and O–H groups in total. The maximum absolute atomic E-state index is 14.2. The van der Waals surface area contributed by atoms with Crippen LogP contribution in [0.3, 0.4) is 0 Å². The second-order valence-corrected chi connectivity index (χ2v) is 44.8. The first-order chi connectivity index (χ1) is 61.9. The predicted molar refractivity (Wildman–Crippen MR) is 483 cm³/mol. The Morgan fingerprint density at radius 2 is 0.632 bits per heavy atom. The van der Waals surface area contributed by atoms with Gasteiger partial charge in [-0.15, -0.1) is 0 Å². The summed E-state index contributed by atoms with van der Waals surface area (Å²) >= 11 is 0. The summed E-state index contributed by atoms with van der Waals surface area (Å²) in [6, 6.07) is -11.9. The minimum atomic E-state index is -1.10. The summed E-state index contributed by atoms with van der Waals surface area (Å²) in [5.74, 6) is -7.73. The standard InChI is InChI=1S/C33H55N5O8.C31H49N5O8.C30H47N5O8/c1-17(2)15-45-31(44)46-16-22(18(3)4)36-30(43)37-26(32(5,6)7)29(42)38-14-20-23(33(20,8)9)24(38)28(41)35-21(25(39)27(34)40)13-19-11-10-12-19;1-30(2,3)24(35-28(41)34-20(15-44-29(42)43-6)17-9-7-8-10-17)27(40)36-14-18-21(31(18,4)5)22(36)26(39)33-19(13-16-11-12-16)23(37)25(32)38;1-29(2,3)23(34-27(40)33-19(16-8-7-9-16)14-43-28(41)42-6)26(39)35-13-17-20(30(17,4)5)21(35)25(38)32-18(12-15-10-11-15)22(36)24(31)37/h17-24,26H,10-16H2,1-9H3,(H2,34,40)(H,35,41)(H2,36,37,43);16-22,24H,7-15H2,1-6H3,(H2,32,38)(H,33,39)(H2,34,35,41);15-21,23H,7-14H2,1-6H3,(H2,31,37)(H,32,38)(H2,33,34,40)/t20-,21?,22+,23-,24-,26+;18-,19?,20+,21-,22-,24+;17-,18?,19+,20-,21-,23+/m000/s1. The van der Waals surface area contributed by atoms with E-state index in [1.54, 1.807) is 0 Å². The second-order valence-electron chi connectivity index (χ2n) is 44.8. The van der Waals surface area contributed by atoms with Crippen LogP contribution in [-0.2, 0) is 86.0 Å². The molecule has 3 heterocycles. The van der Waals surface area contributed by atoms with Crippen molar-refractivity contribution in [1.82, 2.24) is 62.6 Å². The van der Waals surface area contributed by atoms with Crippen molar-refractivity contribution in [2.75, 3.05) is 60.3 Å². The number of rotatable bonds is 38. The normalized spacial score (nSPS) is 25.3. The van der Waals surface area contributed by atoms with E-state index in [2.05, 4.69) is 57.3 Å². The Morgan fingerprint density at radius 3 is 0.880 bits per heavy atom. The van der Waals surface area contributed by atoms with Gasteiger partial charge in [-0.1, -0.05) is 196 Å². The highest BCUT2D eigenvalue weighted by Gasteiger charge is 2.73. The van der Waals surface area contributed by atoms with E-state index in [4.69, 9.17) is 36.1 Å². The number of Topliss-reactive ketones (excluding diaryl/α,β-unsaturated/α-hetero) is 3. The smallest absolute Gasteiger partial charge is 0.438 e. The summed E-state index contributed by atoms with van der Waals surface area (Å²) in [7, 11) is 2.42. The Morgan fingerprint density at radius 1 is 0.353 bits per heavy atom. The Kier molecular flexibility index (Phi) is 34.6. The molecule has 133 heavy (non-hydrogen) atoms. The Balaban J connectivity index is 0.000000224. The lowest BCUT2D eigenvalue weighted by Crippen LogP contribution is -2.62. The van der Waals surface area contributed by atoms with Crippen molar-refractivity contribution in [2.24, 2.45) is 127 Å². The number of ketones is 3. The number of primary amides is 3. The van der Waals surface area contributed by atoms with Gasteiger partial charge in [0.2, 0.25) is 52.8 Å². The Bertz CT molecular complexity index is 4320. The third kappa shape index (κ3) is 27.0. The molecular formula is C94H151N15O24. The first-order valence-electron chi connectivity index (χ1n) is 47.6. The van der Waals surface area contributed by atoms with E-state index in [-0.39, 0.29) is 120 Å². The maximum Gasteiger partial charge on any atom is 0.508 e. The molecule has 0 spiro atoms. The zero-order valence-electron chi connectivity index (χ0n) is 81.8.